The molecule has 1 aromatic carbocycles. The van der Waals surface area contributed by atoms with Crippen LogP contribution in [0.5, 0.6) is 0 Å². The predicted octanol–water partition coefficient (Wildman–Crippen LogP) is 2.44. The first kappa shape index (κ1) is 19.8. The van der Waals surface area contributed by atoms with Crippen LogP contribution in [0.3, 0.4) is 0 Å². The summed E-state index contributed by atoms with van der Waals surface area (Å²) in [6, 6.07) is 6.65. The van der Waals surface area contributed by atoms with E-state index in [9.17, 15) is 4.79 Å². The number of rotatable bonds is 7. The fraction of sp³-hybridized carbons (Fsp3) is 0.500. The number of likely N-dealkylation sites (N-methyl/N-ethyl adjacent to an activating group) is 1. The topological polar surface area (TPSA) is 72.5 Å². The molecule has 0 saturated heterocycles. The van der Waals surface area contributed by atoms with E-state index in [-0.39, 0.29) is 12.5 Å². The lowest BCUT2D eigenvalue weighted by molar-refractivity contribution is -0.127. The van der Waals surface area contributed by atoms with Crippen LogP contribution in [-0.4, -0.2) is 55.0 Å². The molecule has 1 unspecified atom stereocenters. The number of aliphatic imine (C=N–C) groups is 1. The Morgan fingerprint density at radius 2 is 2.12 bits per heavy atom. The zero-order valence-electron chi connectivity index (χ0n) is 16.5. The number of fused-ring (bicyclic) bond motifs is 1. The molecule has 2 rings (SSSR count). The number of aryl methyl sites for hydroxylation is 1. The molecule has 142 valence electrons. The van der Waals surface area contributed by atoms with Crippen LogP contribution >= 0.6 is 0 Å². The molecule has 0 fully saturated rings. The van der Waals surface area contributed by atoms with Crippen LogP contribution in [0.15, 0.2) is 29.4 Å². The molecule has 0 spiro atoms. The maximum Gasteiger partial charge on any atom is 0.243 e. The van der Waals surface area contributed by atoms with Crippen LogP contribution in [0.4, 0.5) is 0 Å². The van der Waals surface area contributed by atoms with Crippen LogP contribution in [0.2, 0.25) is 0 Å². The van der Waals surface area contributed by atoms with Crippen molar-refractivity contribution in [1.82, 2.24) is 20.5 Å². The molecule has 0 aliphatic rings. The Morgan fingerprint density at radius 3 is 2.81 bits per heavy atom. The van der Waals surface area contributed by atoms with Crippen LogP contribution in [0, 0.1) is 6.92 Å². The summed E-state index contributed by atoms with van der Waals surface area (Å²) in [4.78, 5) is 21.1. The summed E-state index contributed by atoms with van der Waals surface area (Å²) in [6.45, 7) is 7.23. The van der Waals surface area contributed by atoms with E-state index in [0.29, 0.717) is 12.0 Å². The van der Waals surface area contributed by atoms with Crippen molar-refractivity contribution in [3.8, 4) is 0 Å². The third kappa shape index (κ3) is 5.25. The van der Waals surface area contributed by atoms with Gasteiger partial charge in [0.2, 0.25) is 5.91 Å². The number of hydrogen-bond acceptors (Lipinski definition) is 2. The summed E-state index contributed by atoms with van der Waals surface area (Å²) in [7, 11) is 3.48. The van der Waals surface area contributed by atoms with Gasteiger partial charge in [-0.25, -0.2) is 4.99 Å². The number of carbonyl (C=O) groups is 1. The zero-order chi connectivity index (χ0) is 19.1. The van der Waals surface area contributed by atoms with E-state index in [4.69, 9.17) is 0 Å². The van der Waals surface area contributed by atoms with Gasteiger partial charge in [0.05, 0.1) is 0 Å². The highest BCUT2D eigenvalue weighted by Crippen LogP contribution is 2.21. The minimum absolute atomic E-state index is 0.0117. The highest BCUT2D eigenvalue weighted by atomic mass is 16.2. The van der Waals surface area contributed by atoms with E-state index in [1.807, 2.05) is 0 Å². The van der Waals surface area contributed by atoms with Crippen molar-refractivity contribution in [3.05, 3.63) is 35.5 Å². The van der Waals surface area contributed by atoms with Crippen molar-refractivity contribution < 1.29 is 4.79 Å². The maximum absolute atomic E-state index is 11.8. The zero-order valence-corrected chi connectivity index (χ0v) is 16.5. The molecule has 0 bridgehead atoms. The molecule has 2 aromatic rings. The molecular weight excluding hydrogens is 326 g/mol. The van der Waals surface area contributed by atoms with Crippen molar-refractivity contribution >= 4 is 22.8 Å². The molecular formula is C20H31N5O. The Balaban J connectivity index is 2.00. The Morgan fingerprint density at radius 1 is 1.35 bits per heavy atom. The molecule has 1 heterocycles. The summed E-state index contributed by atoms with van der Waals surface area (Å²) in [5, 5.41) is 7.97. The molecule has 0 radical (unpaired) electrons. The monoisotopic (exact) mass is 357 g/mol. The van der Waals surface area contributed by atoms with Gasteiger partial charge in [-0.2, -0.15) is 0 Å². The Labute approximate surface area is 156 Å². The molecule has 26 heavy (non-hydrogen) atoms. The van der Waals surface area contributed by atoms with Crippen LogP contribution < -0.4 is 10.6 Å². The van der Waals surface area contributed by atoms with E-state index in [2.05, 4.69) is 65.8 Å². The van der Waals surface area contributed by atoms with Gasteiger partial charge >= 0.3 is 0 Å². The summed E-state index contributed by atoms with van der Waals surface area (Å²) >= 11 is 0. The lowest BCUT2D eigenvalue weighted by Crippen LogP contribution is -2.43. The molecule has 3 N–H and O–H groups in total. The average molecular weight is 358 g/mol. The summed E-state index contributed by atoms with van der Waals surface area (Å²) in [6.07, 6.45) is 3.95. The first-order valence-electron chi connectivity index (χ1n) is 9.23. The van der Waals surface area contributed by atoms with Crippen LogP contribution in [0.25, 0.3) is 10.9 Å². The number of carbonyl (C=O) groups excluding carboxylic acids is 1. The number of nitrogens with zero attached hydrogens (tertiary/aromatic N) is 2. The van der Waals surface area contributed by atoms with Gasteiger partial charge in [0.1, 0.15) is 6.54 Å². The number of hydrogen-bond donors (Lipinski definition) is 3. The molecule has 1 atom stereocenters. The normalized spacial score (nSPS) is 12.9. The van der Waals surface area contributed by atoms with E-state index in [1.54, 1.807) is 19.0 Å². The first-order valence-corrected chi connectivity index (χ1v) is 9.23. The van der Waals surface area contributed by atoms with Gasteiger partial charge in [-0.15, -0.1) is 0 Å². The minimum atomic E-state index is -0.0117. The molecule has 6 nitrogen and oxygen atoms in total. The fourth-order valence-electron chi connectivity index (χ4n) is 2.66. The highest BCUT2D eigenvalue weighted by Gasteiger charge is 2.08. The lowest BCUT2D eigenvalue weighted by atomic mass is 10.1. The van der Waals surface area contributed by atoms with Gasteiger partial charge in [-0.1, -0.05) is 25.1 Å². The summed E-state index contributed by atoms with van der Waals surface area (Å²) in [5.74, 6) is 0.674. The molecule has 1 aromatic heterocycles. The second kappa shape index (κ2) is 9.27. The number of para-hydroxylation sites is 1. The van der Waals surface area contributed by atoms with Crippen molar-refractivity contribution in [2.75, 3.05) is 27.2 Å². The number of aromatic amines is 1. The number of amides is 1. The predicted molar refractivity (Wildman–Crippen MR) is 109 cm³/mol. The van der Waals surface area contributed by atoms with Gasteiger partial charge in [0.15, 0.2) is 5.96 Å². The van der Waals surface area contributed by atoms with Gasteiger partial charge in [0.25, 0.3) is 0 Å². The molecule has 0 aliphatic heterocycles. The SMILES string of the molecule is CCC(C)NC(=NCC(=O)N(C)C)NCCc1c[nH]c2c(C)cccc12. The molecule has 0 saturated carbocycles. The number of nitrogens with one attached hydrogen (secondary N) is 3. The number of guanidine groups is 1. The van der Waals surface area contributed by atoms with Gasteiger partial charge in [-0.3, -0.25) is 4.79 Å². The van der Waals surface area contributed by atoms with E-state index >= 15 is 0 Å². The van der Waals surface area contributed by atoms with Crippen molar-refractivity contribution in [3.63, 3.8) is 0 Å². The Kier molecular flexibility index (Phi) is 7.06. The van der Waals surface area contributed by atoms with Gasteiger partial charge in [0, 0.05) is 43.8 Å². The largest absolute Gasteiger partial charge is 0.361 e. The standard InChI is InChI=1S/C20H31N5O/c1-6-15(3)24-20(23-13-18(26)25(4)5)21-11-10-16-12-22-19-14(2)8-7-9-17(16)19/h7-9,12,15,22H,6,10-11,13H2,1-5H3,(H2,21,23,24). The molecule has 0 aliphatic carbocycles. The highest BCUT2D eigenvalue weighted by molar-refractivity contribution is 5.86. The Hall–Kier alpha value is -2.50. The van der Waals surface area contributed by atoms with E-state index in [1.165, 1.54) is 22.0 Å². The number of aromatic nitrogens is 1. The smallest absolute Gasteiger partial charge is 0.243 e. The number of H-pyrrole nitrogens is 1. The second-order valence-corrected chi connectivity index (χ2v) is 6.89. The fourth-order valence-corrected chi connectivity index (χ4v) is 2.66. The average Bonchev–Trinajstić information content (AvgIpc) is 3.03. The van der Waals surface area contributed by atoms with Crippen molar-refractivity contribution in [2.24, 2.45) is 4.99 Å². The summed E-state index contributed by atoms with van der Waals surface area (Å²) in [5.41, 5.74) is 3.73. The maximum atomic E-state index is 11.8. The number of benzene rings is 1. The summed E-state index contributed by atoms with van der Waals surface area (Å²) < 4.78 is 0. The molecule has 1 amide bonds. The second-order valence-electron chi connectivity index (χ2n) is 6.89. The minimum Gasteiger partial charge on any atom is -0.361 e. The van der Waals surface area contributed by atoms with Gasteiger partial charge in [-0.05, 0) is 37.8 Å². The lowest BCUT2D eigenvalue weighted by Gasteiger charge is -2.17. The molecule has 6 heteroatoms. The quantitative estimate of drug-likeness (QED) is 0.526. The van der Waals surface area contributed by atoms with Crippen LogP contribution in [0.1, 0.15) is 31.4 Å². The first-order chi connectivity index (χ1) is 12.4. The van der Waals surface area contributed by atoms with Gasteiger partial charge < -0.3 is 20.5 Å². The van der Waals surface area contributed by atoms with Crippen molar-refractivity contribution in [1.29, 1.82) is 0 Å². The van der Waals surface area contributed by atoms with E-state index < -0.39 is 0 Å². The van der Waals surface area contributed by atoms with Crippen LogP contribution in [-0.2, 0) is 11.2 Å². The third-order valence-corrected chi connectivity index (χ3v) is 4.56. The third-order valence-electron chi connectivity index (χ3n) is 4.56. The Bertz CT molecular complexity index is 763. The van der Waals surface area contributed by atoms with E-state index in [0.717, 1.165) is 19.4 Å². The van der Waals surface area contributed by atoms with Crippen molar-refractivity contribution in [2.45, 2.75) is 39.7 Å².